The minimum Gasteiger partial charge on any atom is -0.387 e. The molecule has 0 heterocycles. The van der Waals surface area contributed by atoms with Gasteiger partial charge in [-0.1, -0.05) is 30.7 Å². The van der Waals surface area contributed by atoms with Crippen LogP contribution >= 0.6 is 11.6 Å². The number of aliphatic hydroxyl groups excluding tert-OH is 1. The number of rotatable bonds is 3. The largest absolute Gasteiger partial charge is 0.387 e. The summed E-state index contributed by atoms with van der Waals surface area (Å²) in [6, 6.07) is 6.41. The SMILES string of the molecule is CCC(C)(C#N)C(O)c1cccc(Cl)c1F. The summed E-state index contributed by atoms with van der Waals surface area (Å²) < 4.78 is 13.7. The van der Waals surface area contributed by atoms with Crippen LogP contribution in [0.15, 0.2) is 18.2 Å². The molecule has 16 heavy (non-hydrogen) atoms. The van der Waals surface area contributed by atoms with E-state index in [0.717, 1.165) is 0 Å². The summed E-state index contributed by atoms with van der Waals surface area (Å²) >= 11 is 5.63. The molecule has 0 aliphatic rings. The number of nitriles is 1. The third kappa shape index (κ3) is 2.18. The van der Waals surface area contributed by atoms with Gasteiger partial charge in [-0.2, -0.15) is 5.26 Å². The standard InChI is InChI=1S/C12H13ClFNO/c1-3-12(2,7-15)11(16)8-5-4-6-9(13)10(8)14/h4-6,11,16H,3H2,1-2H3. The Kier molecular flexibility index (Phi) is 3.90. The molecule has 0 saturated carbocycles. The molecule has 0 saturated heterocycles. The van der Waals surface area contributed by atoms with E-state index in [1.807, 2.05) is 6.07 Å². The van der Waals surface area contributed by atoms with Gasteiger partial charge in [0.05, 0.1) is 16.5 Å². The Morgan fingerprint density at radius 1 is 1.62 bits per heavy atom. The Hall–Kier alpha value is -1.11. The molecule has 2 nitrogen and oxygen atoms in total. The van der Waals surface area contributed by atoms with Crippen molar-refractivity contribution in [3.63, 3.8) is 0 Å². The zero-order chi connectivity index (χ0) is 12.3. The lowest BCUT2D eigenvalue weighted by molar-refractivity contribution is 0.0689. The number of hydrogen-bond acceptors (Lipinski definition) is 2. The van der Waals surface area contributed by atoms with Crippen LogP contribution in [0.2, 0.25) is 5.02 Å². The van der Waals surface area contributed by atoms with Gasteiger partial charge in [0.15, 0.2) is 0 Å². The van der Waals surface area contributed by atoms with Crippen LogP contribution < -0.4 is 0 Å². The van der Waals surface area contributed by atoms with Crippen LogP contribution in [0.5, 0.6) is 0 Å². The monoisotopic (exact) mass is 241 g/mol. The summed E-state index contributed by atoms with van der Waals surface area (Å²) in [6.07, 6.45) is -0.752. The van der Waals surface area contributed by atoms with Crippen molar-refractivity contribution in [2.75, 3.05) is 0 Å². The summed E-state index contributed by atoms with van der Waals surface area (Å²) in [5.41, 5.74) is -0.940. The van der Waals surface area contributed by atoms with E-state index in [4.69, 9.17) is 16.9 Å². The lowest BCUT2D eigenvalue weighted by Crippen LogP contribution is -2.23. The van der Waals surface area contributed by atoms with Gasteiger partial charge in [-0.3, -0.25) is 0 Å². The zero-order valence-electron chi connectivity index (χ0n) is 9.17. The highest BCUT2D eigenvalue weighted by molar-refractivity contribution is 6.30. The third-order valence-electron chi connectivity index (χ3n) is 2.87. The van der Waals surface area contributed by atoms with E-state index < -0.39 is 17.3 Å². The minimum absolute atomic E-state index is 0.0482. The molecule has 0 amide bonds. The molecule has 0 aliphatic heterocycles. The first-order valence-corrected chi connectivity index (χ1v) is 5.37. The van der Waals surface area contributed by atoms with Crippen molar-refractivity contribution in [3.8, 4) is 6.07 Å². The Morgan fingerprint density at radius 3 is 2.75 bits per heavy atom. The molecule has 86 valence electrons. The number of nitrogens with zero attached hydrogens (tertiary/aromatic N) is 1. The van der Waals surface area contributed by atoms with Gasteiger partial charge in [0, 0.05) is 5.56 Å². The fourth-order valence-corrected chi connectivity index (χ4v) is 1.59. The second-order valence-electron chi connectivity index (χ2n) is 3.93. The molecule has 4 heteroatoms. The molecule has 2 unspecified atom stereocenters. The van der Waals surface area contributed by atoms with Gasteiger partial charge in [0.1, 0.15) is 11.9 Å². The smallest absolute Gasteiger partial charge is 0.147 e. The van der Waals surface area contributed by atoms with E-state index in [9.17, 15) is 9.50 Å². The number of aliphatic hydroxyl groups is 1. The van der Waals surface area contributed by atoms with Gasteiger partial charge in [-0.05, 0) is 19.4 Å². The predicted octanol–water partition coefficient (Wildman–Crippen LogP) is 3.45. The van der Waals surface area contributed by atoms with Gasteiger partial charge < -0.3 is 5.11 Å². The molecule has 1 N–H and O–H groups in total. The topological polar surface area (TPSA) is 44.0 Å². The van der Waals surface area contributed by atoms with E-state index >= 15 is 0 Å². The maximum absolute atomic E-state index is 13.7. The van der Waals surface area contributed by atoms with Crippen LogP contribution in [-0.2, 0) is 0 Å². The normalized spacial score (nSPS) is 16.2. The molecular formula is C12H13ClFNO. The van der Waals surface area contributed by atoms with E-state index in [2.05, 4.69) is 0 Å². The first-order valence-electron chi connectivity index (χ1n) is 4.99. The molecule has 1 aromatic carbocycles. The van der Waals surface area contributed by atoms with Crippen molar-refractivity contribution in [1.82, 2.24) is 0 Å². The van der Waals surface area contributed by atoms with Crippen LogP contribution in [-0.4, -0.2) is 5.11 Å². The summed E-state index contributed by atoms with van der Waals surface area (Å²) in [6.45, 7) is 3.37. The molecular weight excluding hydrogens is 229 g/mol. The second-order valence-corrected chi connectivity index (χ2v) is 4.34. The van der Waals surface area contributed by atoms with Crippen molar-refractivity contribution in [2.45, 2.75) is 26.4 Å². The number of benzene rings is 1. The zero-order valence-corrected chi connectivity index (χ0v) is 9.92. The summed E-state index contributed by atoms with van der Waals surface area (Å²) in [7, 11) is 0. The summed E-state index contributed by atoms with van der Waals surface area (Å²) in [4.78, 5) is 0. The maximum Gasteiger partial charge on any atom is 0.147 e. The van der Waals surface area contributed by atoms with Crippen molar-refractivity contribution >= 4 is 11.6 Å². The van der Waals surface area contributed by atoms with Crippen molar-refractivity contribution < 1.29 is 9.50 Å². The van der Waals surface area contributed by atoms with E-state index in [1.54, 1.807) is 19.9 Å². The van der Waals surface area contributed by atoms with Crippen LogP contribution in [0, 0.1) is 22.6 Å². The lowest BCUT2D eigenvalue weighted by Gasteiger charge is -2.26. The third-order valence-corrected chi connectivity index (χ3v) is 3.16. The summed E-state index contributed by atoms with van der Waals surface area (Å²) in [5.74, 6) is -0.661. The van der Waals surface area contributed by atoms with E-state index in [0.29, 0.717) is 6.42 Å². The molecule has 0 fully saturated rings. The van der Waals surface area contributed by atoms with E-state index in [1.165, 1.54) is 12.1 Å². The minimum atomic E-state index is -1.18. The van der Waals surface area contributed by atoms with Crippen LogP contribution in [0.25, 0.3) is 0 Å². The Bertz CT molecular complexity index is 430. The average molecular weight is 242 g/mol. The van der Waals surface area contributed by atoms with Gasteiger partial charge in [0.25, 0.3) is 0 Å². The van der Waals surface area contributed by atoms with Crippen molar-refractivity contribution in [2.24, 2.45) is 5.41 Å². The highest BCUT2D eigenvalue weighted by Crippen LogP contribution is 2.38. The van der Waals surface area contributed by atoms with Gasteiger partial charge in [0.2, 0.25) is 0 Å². The Morgan fingerprint density at radius 2 is 2.25 bits per heavy atom. The van der Waals surface area contributed by atoms with E-state index in [-0.39, 0.29) is 10.6 Å². The fraction of sp³-hybridized carbons (Fsp3) is 0.417. The molecule has 0 spiro atoms. The van der Waals surface area contributed by atoms with Gasteiger partial charge in [-0.15, -0.1) is 0 Å². The molecule has 0 aliphatic carbocycles. The number of halogens is 2. The quantitative estimate of drug-likeness (QED) is 0.881. The molecule has 2 atom stereocenters. The lowest BCUT2D eigenvalue weighted by atomic mass is 9.80. The van der Waals surface area contributed by atoms with Crippen molar-refractivity contribution in [3.05, 3.63) is 34.6 Å². The fourth-order valence-electron chi connectivity index (χ4n) is 1.41. The average Bonchev–Trinajstić information content (AvgIpc) is 2.31. The molecule has 0 bridgehead atoms. The molecule has 0 aromatic heterocycles. The van der Waals surface area contributed by atoms with Crippen LogP contribution in [0.1, 0.15) is 31.9 Å². The molecule has 0 radical (unpaired) electrons. The Labute approximate surface area is 99.3 Å². The first kappa shape index (κ1) is 13.0. The summed E-state index contributed by atoms with van der Waals surface area (Å²) in [5, 5.41) is 19.0. The molecule has 1 rings (SSSR count). The van der Waals surface area contributed by atoms with Crippen LogP contribution in [0.4, 0.5) is 4.39 Å². The first-order chi connectivity index (χ1) is 7.46. The highest BCUT2D eigenvalue weighted by atomic mass is 35.5. The van der Waals surface area contributed by atoms with Gasteiger partial charge in [-0.25, -0.2) is 4.39 Å². The Balaban J connectivity index is 3.20. The number of hydrogen-bond donors (Lipinski definition) is 1. The highest BCUT2D eigenvalue weighted by Gasteiger charge is 2.34. The van der Waals surface area contributed by atoms with Crippen LogP contribution in [0.3, 0.4) is 0 Å². The van der Waals surface area contributed by atoms with Crippen molar-refractivity contribution in [1.29, 1.82) is 5.26 Å². The van der Waals surface area contributed by atoms with Gasteiger partial charge >= 0.3 is 0 Å². The maximum atomic E-state index is 13.7. The predicted molar refractivity (Wildman–Crippen MR) is 60.4 cm³/mol. The molecule has 1 aromatic rings. The second kappa shape index (κ2) is 4.82.